The summed E-state index contributed by atoms with van der Waals surface area (Å²) in [4.78, 5) is 27.9. The van der Waals surface area contributed by atoms with Gasteiger partial charge in [0.05, 0.1) is 17.5 Å². The van der Waals surface area contributed by atoms with Gasteiger partial charge in [-0.2, -0.15) is 0 Å². The SMILES string of the molecule is O=C(O)C[C@@H](NC(=O)c1csc(C2CC2)n1)c1cccc(Br)c1. The first-order chi connectivity index (χ1) is 11.0. The molecule has 2 N–H and O–H groups in total. The molecule has 0 spiro atoms. The highest BCUT2D eigenvalue weighted by atomic mass is 79.9. The van der Waals surface area contributed by atoms with Crippen molar-refractivity contribution in [3.05, 3.63) is 50.4 Å². The summed E-state index contributed by atoms with van der Waals surface area (Å²) in [6.45, 7) is 0. The van der Waals surface area contributed by atoms with Crippen molar-refractivity contribution in [1.82, 2.24) is 10.3 Å². The Balaban J connectivity index is 1.76. The molecule has 7 heteroatoms. The van der Waals surface area contributed by atoms with Crippen LogP contribution >= 0.6 is 27.3 Å². The number of aromatic nitrogens is 1. The summed E-state index contributed by atoms with van der Waals surface area (Å²) in [5.41, 5.74) is 1.11. The largest absolute Gasteiger partial charge is 0.481 e. The molecule has 1 aromatic carbocycles. The van der Waals surface area contributed by atoms with E-state index >= 15 is 0 Å². The van der Waals surface area contributed by atoms with Gasteiger partial charge < -0.3 is 10.4 Å². The molecule has 3 rings (SSSR count). The van der Waals surface area contributed by atoms with Crippen molar-refractivity contribution in [1.29, 1.82) is 0 Å². The maximum atomic E-state index is 12.4. The molecule has 1 fully saturated rings. The first-order valence-electron chi connectivity index (χ1n) is 7.26. The lowest BCUT2D eigenvalue weighted by molar-refractivity contribution is -0.137. The van der Waals surface area contributed by atoms with E-state index in [0.717, 1.165) is 27.9 Å². The number of carbonyl (C=O) groups is 2. The van der Waals surface area contributed by atoms with E-state index in [1.165, 1.54) is 11.3 Å². The molecule has 1 aromatic heterocycles. The minimum Gasteiger partial charge on any atom is -0.481 e. The highest BCUT2D eigenvalue weighted by molar-refractivity contribution is 9.10. The third-order valence-electron chi connectivity index (χ3n) is 3.62. The number of benzene rings is 1. The second kappa shape index (κ2) is 6.80. The number of aliphatic carboxylic acids is 1. The number of nitrogens with one attached hydrogen (secondary N) is 1. The number of halogens is 1. The molecular formula is C16H15BrN2O3S. The van der Waals surface area contributed by atoms with Crippen LogP contribution in [0.1, 0.15) is 52.3 Å². The van der Waals surface area contributed by atoms with E-state index in [4.69, 9.17) is 5.11 Å². The van der Waals surface area contributed by atoms with E-state index in [-0.39, 0.29) is 12.3 Å². The molecule has 1 aliphatic carbocycles. The summed E-state index contributed by atoms with van der Waals surface area (Å²) < 4.78 is 0.837. The lowest BCUT2D eigenvalue weighted by atomic mass is 10.0. The van der Waals surface area contributed by atoms with Crippen LogP contribution in [0.2, 0.25) is 0 Å². The first-order valence-corrected chi connectivity index (χ1v) is 8.93. The number of carboxylic acid groups (broad SMARTS) is 1. The third-order valence-corrected chi connectivity index (χ3v) is 5.12. The number of hydrogen-bond acceptors (Lipinski definition) is 4. The fourth-order valence-corrected chi connectivity index (χ4v) is 3.68. The molecule has 1 saturated carbocycles. The Kier molecular flexibility index (Phi) is 4.77. The van der Waals surface area contributed by atoms with E-state index in [2.05, 4.69) is 26.2 Å². The van der Waals surface area contributed by atoms with Crippen molar-refractivity contribution in [3.8, 4) is 0 Å². The van der Waals surface area contributed by atoms with Gasteiger partial charge in [0.1, 0.15) is 5.69 Å². The summed E-state index contributed by atoms with van der Waals surface area (Å²) in [5, 5.41) is 14.6. The predicted molar refractivity (Wildman–Crippen MR) is 90.7 cm³/mol. The monoisotopic (exact) mass is 394 g/mol. The molecule has 0 aliphatic heterocycles. The number of carbonyl (C=O) groups excluding carboxylic acids is 1. The number of rotatable bonds is 6. The summed E-state index contributed by atoms with van der Waals surface area (Å²) >= 11 is 4.86. The van der Waals surface area contributed by atoms with E-state index in [0.29, 0.717) is 11.6 Å². The quantitative estimate of drug-likeness (QED) is 0.781. The zero-order chi connectivity index (χ0) is 16.4. The van der Waals surface area contributed by atoms with Crippen LogP contribution < -0.4 is 5.32 Å². The smallest absolute Gasteiger partial charge is 0.305 e. The summed E-state index contributed by atoms with van der Waals surface area (Å²) in [6, 6.07) is 6.68. The minimum absolute atomic E-state index is 0.179. The summed E-state index contributed by atoms with van der Waals surface area (Å²) in [5.74, 6) is -0.798. The van der Waals surface area contributed by atoms with Crippen LogP contribution in [0.25, 0.3) is 0 Å². The Labute approximate surface area is 145 Å². The lowest BCUT2D eigenvalue weighted by Gasteiger charge is -2.17. The van der Waals surface area contributed by atoms with Crippen molar-refractivity contribution in [3.63, 3.8) is 0 Å². The van der Waals surface area contributed by atoms with Gasteiger partial charge in [-0.25, -0.2) is 4.98 Å². The fraction of sp³-hybridized carbons (Fsp3) is 0.312. The molecule has 0 bridgehead atoms. The molecular weight excluding hydrogens is 380 g/mol. The van der Waals surface area contributed by atoms with E-state index in [1.807, 2.05) is 18.2 Å². The highest BCUT2D eigenvalue weighted by Crippen LogP contribution is 2.41. The zero-order valence-corrected chi connectivity index (χ0v) is 14.6. The Bertz CT molecular complexity index is 742. The van der Waals surface area contributed by atoms with Crippen molar-refractivity contribution >= 4 is 39.1 Å². The molecule has 1 aliphatic rings. The van der Waals surface area contributed by atoms with Crippen LogP contribution in [-0.4, -0.2) is 22.0 Å². The van der Waals surface area contributed by atoms with Gasteiger partial charge in [0.2, 0.25) is 0 Å². The van der Waals surface area contributed by atoms with Crippen LogP contribution in [0.3, 0.4) is 0 Å². The molecule has 0 unspecified atom stereocenters. The van der Waals surface area contributed by atoms with Crippen LogP contribution in [0.5, 0.6) is 0 Å². The van der Waals surface area contributed by atoms with Crippen LogP contribution in [0, 0.1) is 0 Å². The standard InChI is InChI=1S/C16H15BrN2O3S/c17-11-3-1-2-10(6-11)12(7-14(20)21)18-15(22)13-8-23-16(19-13)9-4-5-9/h1-3,6,8-9,12H,4-5,7H2,(H,18,22)(H,20,21)/t12-/m1/s1. The summed E-state index contributed by atoms with van der Waals surface area (Å²) in [7, 11) is 0. The Morgan fingerprint density at radius 2 is 2.22 bits per heavy atom. The van der Waals surface area contributed by atoms with Gasteiger partial charge in [-0.1, -0.05) is 28.1 Å². The molecule has 1 heterocycles. The predicted octanol–water partition coefficient (Wildman–Crippen LogP) is 3.73. The molecule has 120 valence electrons. The normalized spacial score (nSPS) is 15.2. The number of nitrogens with zero attached hydrogens (tertiary/aromatic N) is 1. The number of carboxylic acids is 1. The van der Waals surface area contributed by atoms with Gasteiger partial charge in [-0.3, -0.25) is 9.59 Å². The molecule has 5 nitrogen and oxygen atoms in total. The number of hydrogen-bond donors (Lipinski definition) is 2. The van der Waals surface area contributed by atoms with Gasteiger partial charge in [-0.15, -0.1) is 11.3 Å². The number of amides is 1. The molecule has 0 radical (unpaired) electrons. The van der Waals surface area contributed by atoms with E-state index in [9.17, 15) is 9.59 Å². The average Bonchev–Trinajstić information content (AvgIpc) is 3.23. The first kappa shape index (κ1) is 16.1. The van der Waals surface area contributed by atoms with Gasteiger partial charge >= 0.3 is 5.97 Å². The van der Waals surface area contributed by atoms with Crippen molar-refractivity contribution in [2.24, 2.45) is 0 Å². The van der Waals surface area contributed by atoms with Gasteiger partial charge in [0, 0.05) is 15.8 Å². The second-order valence-corrected chi connectivity index (χ2v) is 7.33. The van der Waals surface area contributed by atoms with Crippen molar-refractivity contribution < 1.29 is 14.7 Å². The second-order valence-electron chi connectivity index (χ2n) is 5.52. The van der Waals surface area contributed by atoms with E-state index in [1.54, 1.807) is 11.4 Å². The van der Waals surface area contributed by atoms with Gasteiger partial charge in [0.15, 0.2) is 0 Å². The van der Waals surface area contributed by atoms with Crippen molar-refractivity contribution in [2.45, 2.75) is 31.2 Å². The molecule has 1 amide bonds. The Morgan fingerprint density at radius 1 is 1.43 bits per heavy atom. The number of thiazole rings is 1. The van der Waals surface area contributed by atoms with Crippen LogP contribution in [0.4, 0.5) is 0 Å². The minimum atomic E-state index is -0.966. The Morgan fingerprint density at radius 3 is 2.87 bits per heavy atom. The average molecular weight is 395 g/mol. The van der Waals surface area contributed by atoms with Gasteiger partial charge in [-0.05, 0) is 30.5 Å². The zero-order valence-electron chi connectivity index (χ0n) is 12.2. The third kappa shape index (κ3) is 4.17. The van der Waals surface area contributed by atoms with Gasteiger partial charge in [0.25, 0.3) is 5.91 Å². The lowest BCUT2D eigenvalue weighted by Crippen LogP contribution is -2.30. The summed E-state index contributed by atoms with van der Waals surface area (Å²) in [6.07, 6.45) is 2.09. The maximum Gasteiger partial charge on any atom is 0.305 e. The van der Waals surface area contributed by atoms with Crippen molar-refractivity contribution in [2.75, 3.05) is 0 Å². The Hall–Kier alpha value is -1.73. The molecule has 2 aromatic rings. The van der Waals surface area contributed by atoms with Crippen LogP contribution in [-0.2, 0) is 4.79 Å². The fourth-order valence-electron chi connectivity index (χ4n) is 2.29. The van der Waals surface area contributed by atoms with E-state index < -0.39 is 12.0 Å². The van der Waals surface area contributed by atoms with Crippen LogP contribution in [0.15, 0.2) is 34.1 Å². The molecule has 1 atom stereocenters. The topological polar surface area (TPSA) is 79.3 Å². The highest BCUT2D eigenvalue weighted by Gasteiger charge is 2.28. The maximum absolute atomic E-state index is 12.4. The molecule has 0 saturated heterocycles. The molecule has 23 heavy (non-hydrogen) atoms.